The summed E-state index contributed by atoms with van der Waals surface area (Å²) in [6.07, 6.45) is 4.00. The van der Waals surface area contributed by atoms with Gasteiger partial charge in [0.15, 0.2) is 0 Å². The fourth-order valence-electron chi connectivity index (χ4n) is 4.95. The Balaban J connectivity index is 1.32. The summed E-state index contributed by atoms with van der Waals surface area (Å²) in [5.41, 5.74) is 3.44. The van der Waals surface area contributed by atoms with Gasteiger partial charge >= 0.3 is 6.03 Å². The first-order valence-corrected chi connectivity index (χ1v) is 11.6. The van der Waals surface area contributed by atoms with Crippen LogP contribution in [0, 0.1) is 0 Å². The largest absolute Gasteiger partial charge is 0.339 e. The van der Waals surface area contributed by atoms with Gasteiger partial charge in [0.25, 0.3) is 5.91 Å². The van der Waals surface area contributed by atoms with Gasteiger partial charge in [0.05, 0.1) is 17.1 Å². The second-order valence-electron chi connectivity index (χ2n) is 8.56. The number of nitrogens with zero attached hydrogens (tertiary/aromatic N) is 4. The first-order valence-electron chi connectivity index (χ1n) is 11.6. The summed E-state index contributed by atoms with van der Waals surface area (Å²) in [5.74, 6) is 1.02. The molecule has 0 radical (unpaired) electrons. The molecule has 0 aliphatic carbocycles. The molecule has 7 nitrogen and oxygen atoms in total. The monoisotopic (exact) mass is 431 g/mol. The number of aromatic nitrogens is 2. The molecule has 0 bridgehead atoms. The average molecular weight is 432 g/mol. The first kappa shape index (κ1) is 20.5. The number of hydrogen-bond donors (Lipinski definition) is 1. The van der Waals surface area contributed by atoms with E-state index >= 15 is 0 Å². The normalized spacial score (nSPS) is 18.5. The Kier molecular flexibility index (Phi) is 5.55. The number of carbonyl (C=O) groups excluding carboxylic acids is 2. The van der Waals surface area contributed by atoms with Crippen molar-refractivity contribution in [1.29, 1.82) is 0 Å². The molecule has 2 fully saturated rings. The van der Waals surface area contributed by atoms with Crippen molar-refractivity contribution in [3.8, 4) is 0 Å². The SMILES string of the molecule is CCn1c(C2CCCN2C(=O)Nc2ccc(C(=O)N3CCCC3)cc2)nc2ccccc21. The maximum absolute atomic E-state index is 13.1. The molecule has 166 valence electrons. The molecule has 0 saturated carbocycles. The number of likely N-dealkylation sites (tertiary alicyclic amines) is 2. The molecule has 5 rings (SSSR count). The van der Waals surface area contributed by atoms with Crippen LogP contribution in [0.1, 0.15) is 54.8 Å². The Morgan fingerprint density at radius 1 is 1.00 bits per heavy atom. The number of fused-ring (bicyclic) bond motifs is 1. The van der Waals surface area contributed by atoms with Crippen LogP contribution in [0.15, 0.2) is 48.5 Å². The van der Waals surface area contributed by atoms with Crippen LogP contribution in [-0.4, -0.2) is 50.9 Å². The van der Waals surface area contributed by atoms with E-state index in [-0.39, 0.29) is 18.0 Å². The van der Waals surface area contributed by atoms with Crippen molar-refractivity contribution in [2.75, 3.05) is 25.0 Å². The Labute approximate surface area is 188 Å². The van der Waals surface area contributed by atoms with Gasteiger partial charge in [-0.15, -0.1) is 0 Å². The van der Waals surface area contributed by atoms with E-state index in [1.807, 2.05) is 40.1 Å². The minimum Gasteiger partial charge on any atom is -0.339 e. The van der Waals surface area contributed by atoms with Crippen LogP contribution in [0.3, 0.4) is 0 Å². The summed E-state index contributed by atoms with van der Waals surface area (Å²) in [6.45, 7) is 5.29. The highest BCUT2D eigenvalue weighted by Gasteiger charge is 2.33. The number of aryl methyl sites for hydroxylation is 1. The number of rotatable bonds is 4. The topological polar surface area (TPSA) is 70.5 Å². The van der Waals surface area contributed by atoms with Gasteiger partial charge in [0.2, 0.25) is 0 Å². The molecule has 32 heavy (non-hydrogen) atoms. The van der Waals surface area contributed by atoms with E-state index in [4.69, 9.17) is 4.98 Å². The molecule has 1 atom stereocenters. The predicted octanol–water partition coefficient (Wildman–Crippen LogP) is 4.66. The van der Waals surface area contributed by atoms with Gasteiger partial charge in [-0.25, -0.2) is 9.78 Å². The summed E-state index contributed by atoms with van der Waals surface area (Å²) >= 11 is 0. The molecule has 3 amide bonds. The van der Waals surface area contributed by atoms with Crippen LogP contribution in [0.5, 0.6) is 0 Å². The Morgan fingerprint density at radius 2 is 1.75 bits per heavy atom. The van der Waals surface area contributed by atoms with E-state index in [9.17, 15) is 9.59 Å². The molecule has 2 aliphatic rings. The van der Waals surface area contributed by atoms with Gasteiger partial charge in [-0.05, 0) is 69.0 Å². The lowest BCUT2D eigenvalue weighted by Gasteiger charge is -2.25. The summed E-state index contributed by atoms with van der Waals surface area (Å²) in [6, 6.07) is 15.2. The number of anilines is 1. The van der Waals surface area contributed by atoms with Gasteiger partial charge in [-0.1, -0.05) is 12.1 Å². The molecule has 7 heteroatoms. The number of urea groups is 1. The van der Waals surface area contributed by atoms with Crippen LogP contribution in [0.25, 0.3) is 11.0 Å². The zero-order chi connectivity index (χ0) is 22.1. The number of carbonyl (C=O) groups is 2. The van der Waals surface area contributed by atoms with Crippen LogP contribution >= 0.6 is 0 Å². The van der Waals surface area contributed by atoms with E-state index in [2.05, 4.69) is 22.9 Å². The van der Waals surface area contributed by atoms with E-state index in [1.54, 1.807) is 12.1 Å². The Bertz CT molecular complexity index is 1130. The molecule has 3 heterocycles. The van der Waals surface area contributed by atoms with E-state index in [0.29, 0.717) is 17.8 Å². The third-order valence-corrected chi connectivity index (χ3v) is 6.59. The molecule has 3 aromatic rings. The lowest BCUT2D eigenvalue weighted by molar-refractivity contribution is 0.0793. The van der Waals surface area contributed by atoms with Crippen LogP contribution in [0.2, 0.25) is 0 Å². The fourth-order valence-corrected chi connectivity index (χ4v) is 4.95. The van der Waals surface area contributed by atoms with Crippen molar-refractivity contribution in [2.45, 2.75) is 45.2 Å². The highest BCUT2D eigenvalue weighted by atomic mass is 16.2. The zero-order valence-corrected chi connectivity index (χ0v) is 18.5. The standard InChI is InChI=1S/C25H29N5O2/c1-2-29-21-9-4-3-8-20(21)27-23(29)22-10-7-17-30(22)25(32)26-19-13-11-18(12-14-19)24(31)28-15-5-6-16-28/h3-4,8-9,11-14,22H,2,5-7,10,15-17H2,1H3,(H,26,32). The lowest BCUT2D eigenvalue weighted by atomic mass is 10.2. The van der Waals surface area contributed by atoms with Crippen molar-refractivity contribution in [3.05, 3.63) is 59.9 Å². The molecule has 2 aliphatic heterocycles. The number of nitrogens with one attached hydrogen (secondary N) is 1. The summed E-state index contributed by atoms with van der Waals surface area (Å²) in [5, 5.41) is 3.02. The summed E-state index contributed by atoms with van der Waals surface area (Å²) in [7, 11) is 0. The van der Waals surface area contributed by atoms with Crippen LogP contribution in [-0.2, 0) is 6.54 Å². The van der Waals surface area contributed by atoms with Crippen molar-refractivity contribution in [2.24, 2.45) is 0 Å². The summed E-state index contributed by atoms with van der Waals surface area (Å²) < 4.78 is 2.21. The van der Waals surface area contributed by atoms with Gasteiger partial charge in [-0.3, -0.25) is 4.79 Å². The number of para-hydroxylation sites is 2. The number of amides is 3. The second kappa shape index (κ2) is 8.65. The van der Waals surface area contributed by atoms with Crippen molar-refractivity contribution < 1.29 is 9.59 Å². The molecule has 2 saturated heterocycles. The minimum absolute atomic E-state index is 0.0432. The lowest BCUT2D eigenvalue weighted by Crippen LogP contribution is -2.35. The van der Waals surface area contributed by atoms with Crippen molar-refractivity contribution in [1.82, 2.24) is 19.4 Å². The minimum atomic E-state index is -0.124. The van der Waals surface area contributed by atoms with E-state index in [1.165, 1.54) is 0 Å². The van der Waals surface area contributed by atoms with Crippen LogP contribution < -0.4 is 5.32 Å². The average Bonchev–Trinajstić information content (AvgIpc) is 3.58. The molecular formula is C25H29N5O2. The third-order valence-electron chi connectivity index (χ3n) is 6.59. The number of benzene rings is 2. The maximum Gasteiger partial charge on any atom is 0.322 e. The molecule has 2 aromatic carbocycles. The van der Waals surface area contributed by atoms with Gasteiger partial charge in [0, 0.05) is 37.4 Å². The maximum atomic E-state index is 13.1. The zero-order valence-electron chi connectivity index (χ0n) is 18.5. The quantitative estimate of drug-likeness (QED) is 0.653. The van der Waals surface area contributed by atoms with Gasteiger partial charge < -0.3 is 19.7 Å². The predicted molar refractivity (Wildman–Crippen MR) is 125 cm³/mol. The highest BCUT2D eigenvalue weighted by Crippen LogP contribution is 2.34. The van der Waals surface area contributed by atoms with E-state index in [0.717, 1.165) is 62.2 Å². The Hall–Kier alpha value is -3.35. The summed E-state index contributed by atoms with van der Waals surface area (Å²) in [4.78, 5) is 34.3. The van der Waals surface area contributed by atoms with E-state index < -0.39 is 0 Å². The van der Waals surface area contributed by atoms with Gasteiger partial charge in [-0.2, -0.15) is 0 Å². The molecule has 1 unspecified atom stereocenters. The smallest absolute Gasteiger partial charge is 0.322 e. The molecule has 1 N–H and O–H groups in total. The fraction of sp³-hybridized carbons (Fsp3) is 0.400. The number of hydrogen-bond acceptors (Lipinski definition) is 3. The van der Waals surface area contributed by atoms with Gasteiger partial charge in [0.1, 0.15) is 5.82 Å². The third kappa shape index (κ3) is 3.72. The Morgan fingerprint density at radius 3 is 2.50 bits per heavy atom. The second-order valence-corrected chi connectivity index (χ2v) is 8.56. The van der Waals surface area contributed by atoms with Crippen molar-refractivity contribution in [3.63, 3.8) is 0 Å². The van der Waals surface area contributed by atoms with Crippen LogP contribution in [0.4, 0.5) is 10.5 Å². The number of imidazole rings is 1. The molecule has 0 spiro atoms. The first-order chi connectivity index (χ1) is 15.7. The van der Waals surface area contributed by atoms with Crippen molar-refractivity contribution >= 4 is 28.7 Å². The highest BCUT2D eigenvalue weighted by molar-refractivity contribution is 5.95. The molecule has 1 aromatic heterocycles. The molecular weight excluding hydrogens is 402 g/mol.